The van der Waals surface area contributed by atoms with Gasteiger partial charge in [0.05, 0.1) is 6.10 Å². The second kappa shape index (κ2) is 8.02. The molecule has 0 aromatic heterocycles. The van der Waals surface area contributed by atoms with Crippen LogP contribution in [0.3, 0.4) is 0 Å². The van der Waals surface area contributed by atoms with E-state index >= 15 is 0 Å². The zero-order valence-corrected chi connectivity index (χ0v) is 12.5. The van der Waals surface area contributed by atoms with E-state index in [1.54, 1.807) is 13.8 Å². The largest absolute Gasteiger partial charge is 0.474 e. The molecule has 0 heterocycles. The molecule has 0 aromatic rings. The van der Waals surface area contributed by atoms with E-state index in [9.17, 15) is 14.5 Å². The van der Waals surface area contributed by atoms with E-state index in [2.05, 4.69) is 9.05 Å². The Morgan fingerprint density at radius 3 is 2.17 bits per heavy atom. The van der Waals surface area contributed by atoms with Crippen molar-refractivity contribution in [1.82, 2.24) is 0 Å². The molecule has 0 aliphatic heterocycles. The second-order valence-corrected chi connectivity index (χ2v) is 6.06. The summed E-state index contributed by atoms with van der Waals surface area (Å²) in [4.78, 5) is 11.8. The molecule has 0 aliphatic rings. The van der Waals surface area contributed by atoms with Crippen molar-refractivity contribution in [3.05, 3.63) is 0 Å². The van der Waals surface area contributed by atoms with Crippen LogP contribution in [0.4, 0.5) is 0 Å². The fraction of sp³-hybridized carbons (Fsp3) is 0.909. The zero-order chi connectivity index (χ0) is 14.3. The molecule has 2 unspecified atom stereocenters. The number of carbonyl (C=O) groups is 1. The Hall–Kier alpha value is -0.260. The van der Waals surface area contributed by atoms with Gasteiger partial charge in [-0.3, -0.25) is 18.4 Å². The van der Waals surface area contributed by atoms with Crippen LogP contribution >= 0.6 is 7.82 Å². The van der Waals surface area contributed by atoms with Gasteiger partial charge in [-0.15, -0.1) is 0 Å². The summed E-state index contributed by atoms with van der Waals surface area (Å²) in [6, 6.07) is 0. The Bertz CT molecular complexity index is 298. The Balaban J connectivity index is 4.37. The molecule has 0 bridgehead atoms. The highest BCUT2D eigenvalue weighted by Gasteiger charge is 2.29. The zero-order valence-electron chi connectivity index (χ0n) is 11.6. The molecule has 6 nitrogen and oxygen atoms in total. The second-order valence-electron chi connectivity index (χ2n) is 4.18. The van der Waals surface area contributed by atoms with Gasteiger partial charge in [-0.25, -0.2) is 4.57 Å². The van der Waals surface area contributed by atoms with E-state index in [1.807, 2.05) is 6.92 Å². The minimum absolute atomic E-state index is 0.185. The molecule has 0 amide bonds. The van der Waals surface area contributed by atoms with E-state index in [0.717, 1.165) is 0 Å². The van der Waals surface area contributed by atoms with E-state index in [0.29, 0.717) is 6.42 Å². The summed E-state index contributed by atoms with van der Waals surface area (Å²) in [5, 5.41) is 9.67. The number of Topliss-reactive ketones (excluding diaryl/α,β-unsaturated/α-hetero) is 1. The SMILES string of the molecule is CC[C@@H](O)C(C)C(C)C(=O)COP(=O)(OC)OC. The summed E-state index contributed by atoms with van der Waals surface area (Å²) in [5.41, 5.74) is 0. The predicted octanol–water partition coefficient (Wildman–Crippen LogP) is 2.02. The third kappa shape index (κ3) is 5.16. The fourth-order valence-corrected chi connectivity index (χ4v) is 2.10. The molecule has 1 N–H and O–H groups in total. The van der Waals surface area contributed by atoms with Crippen LogP contribution in [0.2, 0.25) is 0 Å². The average molecular weight is 282 g/mol. The highest BCUT2D eigenvalue weighted by molar-refractivity contribution is 7.48. The summed E-state index contributed by atoms with van der Waals surface area (Å²) in [6.07, 6.45) is 0.0366. The third-order valence-electron chi connectivity index (χ3n) is 3.13. The van der Waals surface area contributed by atoms with Crippen LogP contribution in [0, 0.1) is 11.8 Å². The molecule has 0 radical (unpaired) electrons. The Kier molecular flexibility index (Phi) is 7.90. The van der Waals surface area contributed by atoms with Crippen molar-refractivity contribution in [1.29, 1.82) is 0 Å². The van der Waals surface area contributed by atoms with Gasteiger partial charge in [0.25, 0.3) is 0 Å². The van der Waals surface area contributed by atoms with Gasteiger partial charge in [-0.05, 0) is 12.3 Å². The van der Waals surface area contributed by atoms with Gasteiger partial charge >= 0.3 is 7.82 Å². The van der Waals surface area contributed by atoms with Crippen LogP contribution in [0.5, 0.6) is 0 Å². The quantitative estimate of drug-likeness (QED) is 0.651. The first-order valence-corrected chi connectivity index (χ1v) is 7.34. The van der Waals surface area contributed by atoms with Gasteiger partial charge in [0, 0.05) is 20.1 Å². The lowest BCUT2D eigenvalue weighted by Gasteiger charge is -2.23. The maximum Gasteiger partial charge on any atom is 0.474 e. The first-order valence-electron chi connectivity index (χ1n) is 5.88. The third-order valence-corrected chi connectivity index (χ3v) is 4.47. The number of rotatable bonds is 9. The molecule has 18 heavy (non-hydrogen) atoms. The summed E-state index contributed by atoms with van der Waals surface area (Å²) >= 11 is 0. The normalized spacial score (nSPS) is 17.2. The van der Waals surface area contributed by atoms with Gasteiger partial charge in [0.2, 0.25) is 0 Å². The molecule has 0 fully saturated rings. The first-order chi connectivity index (χ1) is 8.31. The van der Waals surface area contributed by atoms with Crippen molar-refractivity contribution in [3.8, 4) is 0 Å². The molecule has 0 aliphatic carbocycles. The highest BCUT2D eigenvalue weighted by atomic mass is 31.2. The number of aliphatic hydroxyl groups excluding tert-OH is 1. The lowest BCUT2D eigenvalue weighted by atomic mass is 9.87. The highest BCUT2D eigenvalue weighted by Crippen LogP contribution is 2.47. The van der Waals surface area contributed by atoms with E-state index < -0.39 is 13.9 Å². The minimum atomic E-state index is -3.62. The van der Waals surface area contributed by atoms with Crippen molar-refractivity contribution in [2.75, 3.05) is 20.8 Å². The minimum Gasteiger partial charge on any atom is -0.393 e. The van der Waals surface area contributed by atoms with Crippen LogP contribution in [0.25, 0.3) is 0 Å². The Morgan fingerprint density at radius 1 is 1.28 bits per heavy atom. The van der Waals surface area contributed by atoms with Gasteiger partial charge in [0.15, 0.2) is 5.78 Å². The van der Waals surface area contributed by atoms with E-state index in [4.69, 9.17) is 4.52 Å². The van der Waals surface area contributed by atoms with E-state index in [1.165, 1.54) is 14.2 Å². The van der Waals surface area contributed by atoms with Crippen LogP contribution in [-0.4, -0.2) is 37.8 Å². The Morgan fingerprint density at radius 2 is 1.78 bits per heavy atom. The number of hydrogen-bond donors (Lipinski definition) is 1. The predicted molar refractivity (Wildman–Crippen MR) is 67.2 cm³/mol. The van der Waals surface area contributed by atoms with Crippen LogP contribution < -0.4 is 0 Å². The van der Waals surface area contributed by atoms with Crippen molar-refractivity contribution >= 4 is 13.6 Å². The van der Waals surface area contributed by atoms with E-state index in [-0.39, 0.29) is 24.2 Å². The van der Waals surface area contributed by atoms with Crippen LogP contribution in [0.15, 0.2) is 0 Å². The molecule has 0 aromatic carbocycles. The van der Waals surface area contributed by atoms with Crippen LogP contribution in [0.1, 0.15) is 27.2 Å². The van der Waals surface area contributed by atoms with Crippen molar-refractivity contribution in [2.24, 2.45) is 11.8 Å². The number of hydrogen-bond acceptors (Lipinski definition) is 6. The molecule has 0 saturated carbocycles. The molecule has 0 rings (SSSR count). The average Bonchev–Trinajstić information content (AvgIpc) is 2.41. The number of carbonyl (C=O) groups excluding carboxylic acids is 1. The maximum atomic E-state index is 11.8. The van der Waals surface area contributed by atoms with Crippen molar-refractivity contribution in [3.63, 3.8) is 0 Å². The standard InChI is InChI=1S/C11H23O6P/c1-6-10(12)8(2)9(3)11(13)7-17-18(14,15-4)16-5/h8-10,12H,6-7H2,1-5H3/t8?,9?,10-/m1/s1. The molecule has 0 saturated heterocycles. The van der Waals surface area contributed by atoms with Crippen molar-refractivity contribution in [2.45, 2.75) is 33.3 Å². The maximum absolute atomic E-state index is 11.8. The summed E-state index contributed by atoms with van der Waals surface area (Å²) in [6.45, 7) is 4.99. The summed E-state index contributed by atoms with van der Waals surface area (Å²) < 4.78 is 25.5. The Labute approximate surface area is 108 Å². The number of aliphatic hydroxyl groups is 1. The van der Waals surface area contributed by atoms with Gasteiger partial charge in [-0.1, -0.05) is 20.8 Å². The number of phosphoric acid groups is 1. The molecular formula is C11H23O6P. The van der Waals surface area contributed by atoms with Gasteiger partial charge in [-0.2, -0.15) is 0 Å². The first kappa shape index (κ1) is 17.7. The topological polar surface area (TPSA) is 82.1 Å². The smallest absolute Gasteiger partial charge is 0.393 e. The van der Waals surface area contributed by atoms with Crippen molar-refractivity contribution < 1.29 is 28.0 Å². The summed E-state index contributed by atoms with van der Waals surface area (Å²) in [7, 11) is -1.25. The lowest BCUT2D eigenvalue weighted by molar-refractivity contribution is -0.127. The monoisotopic (exact) mass is 282 g/mol. The molecule has 108 valence electrons. The lowest BCUT2D eigenvalue weighted by Crippen LogP contribution is -2.30. The van der Waals surface area contributed by atoms with Gasteiger partial charge < -0.3 is 5.11 Å². The fourth-order valence-electron chi connectivity index (χ4n) is 1.45. The molecule has 0 spiro atoms. The summed E-state index contributed by atoms with van der Waals surface area (Å²) in [5.74, 6) is -0.818. The molecule has 3 atom stereocenters. The molecular weight excluding hydrogens is 259 g/mol. The number of phosphoric ester groups is 1. The number of ketones is 1. The van der Waals surface area contributed by atoms with Gasteiger partial charge in [0.1, 0.15) is 6.61 Å². The molecule has 7 heteroatoms. The van der Waals surface area contributed by atoms with Crippen LogP contribution in [-0.2, 0) is 22.9 Å².